The Morgan fingerprint density at radius 1 is 1.00 bits per heavy atom. The van der Waals surface area contributed by atoms with Gasteiger partial charge in [0.2, 0.25) is 0 Å². The molecule has 2 aromatic rings. The smallest absolute Gasteiger partial charge is 0.261 e. The third-order valence-electron chi connectivity index (χ3n) is 2.90. The molecule has 5 nitrogen and oxygen atoms in total. The van der Waals surface area contributed by atoms with E-state index in [9.17, 15) is 12.8 Å². The third kappa shape index (κ3) is 4.44. The van der Waals surface area contributed by atoms with E-state index in [4.69, 9.17) is 4.74 Å². The Morgan fingerprint density at radius 3 is 2.18 bits per heavy atom. The van der Waals surface area contributed by atoms with Crippen molar-refractivity contribution in [3.05, 3.63) is 54.3 Å². The van der Waals surface area contributed by atoms with Crippen LogP contribution in [0.5, 0.6) is 0 Å². The van der Waals surface area contributed by atoms with E-state index >= 15 is 0 Å². The highest BCUT2D eigenvalue weighted by molar-refractivity contribution is 7.92. The Bertz CT molecular complexity index is 701. The van der Waals surface area contributed by atoms with E-state index < -0.39 is 15.8 Å². The first-order valence-electron chi connectivity index (χ1n) is 6.62. The largest absolute Gasteiger partial charge is 0.383 e. The second kappa shape index (κ2) is 7.24. The van der Waals surface area contributed by atoms with Crippen molar-refractivity contribution in [3.63, 3.8) is 0 Å². The zero-order chi connectivity index (χ0) is 16.0. The van der Waals surface area contributed by atoms with Crippen LogP contribution in [-0.4, -0.2) is 28.7 Å². The van der Waals surface area contributed by atoms with E-state index in [1.54, 1.807) is 31.4 Å². The first kappa shape index (κ1) is 16.3. The Labute approximate surface area is 129 Å². The van der Waals surface area contributed by atoms with Gasteiger partial charge in [-0.05, 0) is 48.5 Å². The lowest BCUT2D eigenvalue weighted by atomic mass is 10.3. The van der Waals surface area contributed by atoms with Gasteiger partial charge in [0.25, 0.3) is 10.0 Å². The molecule has 0 heterocycles. The number of benzene rings is 2. The minimum Gasteiger partial charge on any atom is -0.383 e. The quantitative estimate of drug-likeness (QED) is 0.769. The minimum absolute atomic E-state index is 0.0104. The van der Waals surface area contributed by atoms with Crippen LogP contribution in [0.25, 0.3) is 0 Å². The topological polar surface area (TPSA) is 67.4 Å². The number of anilines is 2. The number of hydrogen-bond donors (Lipinski definition) is 2. The molecule has 0 aromatic heterocycles. The standard InChI is InChI=1S/C15H17FN2O3S/c1-21-11-10-17-13-4-6-14(7-5-13)18-22(19,20)15-8-2-12(16)3-9-15/h2-9,17-18H,10-11H2,1H3. The molecule has 0 amide bonds. The summed E-state index contributed by atoms with van der Waals surface area (Å²) < 4.78 is 44.5. The number of ether oxygens (including phenoxy) is 1. The van der Waals surface area contributed by atoms with Gasteiger partial charge < -0.3 is 10.1 Å². The van der Waals surface area contributed by atoms with Crippen molar-refractivity contribution in [2.75, 3.05) is 30.3 Å². The van der Waals surface area contributed by atoms with Crippen LogP contribution in [-0.2, 0) is 14.8 Å². The molecule has 0 unspecified atom stereocenters. The third-order valence-corrected chi connectivity index (χ3v) is 4.29. The van der Waals surface area contributed by atoms with Crippen molar-refractivity contribution in [2.45, 2.75) is 4.90 Å². The molecular weight excluding hydrogens is 307 g/mol. The number of methoxy groups -OCH3 is 1. The first-order chi connectivity index (χ1) is 10.5. The molecule has 0 saturated carbocycles. The minimum atomic E-state index is -3.72. The lowest BCUT2D eigenvalue weighted by Gasteiger charge is -2.10. The van der Waals surface area contributed by atoms with Gasteiger partial charge >= 0.3 is 0 Å². The van der Waals surface area contributed by atoms with E-state index in [0.717, 1.165) is 17.8 Å². The molecule has 0 saturated heterocycles. The van der Waals surface area contributed by atoms with Gasteiger partial charge in [-0.3, -0.25) is 4.72 Å². The summed E-state index contributed by atoms with van der Waals surface area (Å²) in [5.74, 6) is -0.481. The van der Waals surface area contributed by atoms with Crippen LogP contribution < -0.4 is 10.0 Å². The van der Waals surface area contributed by atoms with Crippen LogP contribution in [0.2, 0.25) is 0 Å². The number of nitrogens with one attached hydrogen (secondary N) is 2. The van der Waals surface area contributed by atoms with Crippen LogP contribution >= 0.6 is 0 Å². The molecule has 7 heteroatoms. The van der Waals surface area contributed by atoms with Crippen molar-refractivity contribution in [2.24, 2.45) is 0 Å². The Balaban J connectivity index is 2.05. The van der Waals surface area contributed by atoms with E-state index in [1.807, 2.05) is 0 Å². The Kier molecular flexibility index (Phi) is 5.35. The highest BCUT2D eigenvalue weighted by Crippen LogP contribution is 2.18. The predicted octanol–water partition coefficient (Wildman–Crippen LogP) is 2.68. The maximum atomic E-state index is 12.8. The molecule has 0 spiro atoms. The molecule has 0 radical (unpaired) electrons. The van der Waals surface area contributed by atoms with Gasteiger partial charge in [0.05, 0.1) is 11.5 Å². The van der Waals surface area contributed by atoms with Gasteiger partial charge in [-0.2, -0.15) is 0 Å². The van der Waals surface area contributed by atoms with Crippen LogP contribution in [0.1, 0.15) is 0 Å². The number of sulfonamides is 1. The summed E-state index contributed by atoms with van der Waals surface area (Å²) in [4.78, 5) is 0.0104. The van der Waals surface area contributed by atoms with Gasteiger partial charge in [0, 0.05) is 25.0 Å². The summed E-state index contributed by atoms with van der Waals surface area (Å²) >= 11 is 0. The van der Waals surface area contributed by atoms with E-state index in [1.165, 1.54) is 12.1 Å². The Morgan fingerprint density at radius 2 is 1.59 bits per heavy atom. The molecular formula is C15H17FN2O3S. The molecule has 2 N–H and O–H groups in total. The van der Waals surface area contributed by atoms with Crippen LogP contribution in [0.3, 0.4) is 0 Å². The van der Waals surface area contributed by atoms with Crippen molar-refractivity contribution in [1.82, 2.24) is 0 Å². The fourth-order valence-electron chi connectivity index (χ4n) is 1.78. The van der Waals surface area contributed by atoms with Gasteiger partial charge in [-0.15, -0.1) is 0 Å². The summed E-state index contributed by atoms with van der Waals surface area (Å²) in [5, 5.41) is 3.13. The van der Waals surface area contributed by atoms with Crippen molar-refractivity contribution >= 4 is 21.4 Å². The maximum Gasteiger partial charge on any atom is 0.261 e. The molecule has 0 fully saturated rings. The summed E-state index contributed by atoms with van der Waals surface area (Å²) in [7, 11) is -2.10. The predicted molar refractivity (Wildman–Crippen MR) is 84.0 cm³/mol. The molecule has 0 aliphatic carbocycles. The van der Waals surface area contributed by atoms with Gasteiger partial charge in [-0.25, -0.2) is 12.8 Å². The fraction of sp³-hybridized carbons (Fsp3) is 0.200. The summed E-state index contributed by atoms with van der Waals surface area (Å²) in [6.45, 7) is 1.25. The fourth-order valence-corrected chi connectivity index (χ4v) is 2.84. The molecule has 2 aromatic carbocycles. The highest BCUT2D eigenvalue weighted by Gasteiger charge is 2.13. The lowest BCUT2D eigenvalue weighted by Crippen LogP contribution is -2.13. The zero-order valence-electron chi connectivity index (χ0n) is 12.0. The van der Waals surface area contributed by atoms with E-state index in [2.05, 4.69) is 10.0 Å². The molecule has 2 rings (SSSR count). The molecule has 22 heavy (non-hydrogen) atoms. The van der Waals surface area contributed by atoms with Crippen LogP contribution in [0.15, 0.2) is 53.4 Å². The van der Waals surface area contributed by atoms with Gasteiger partial charge in [0.15, 0.2) is 0 Å². The number of hydrogen-bond acceptors (Lipinski definition) is 4. The van der Waals surface area contributed by atoms with E-state index in [-0.39, 0.29) is 4.90 Å². The maximum absolute atomic E-state index is 12.8. The SMILES string of the molecule is COCCNc1ccc(NS(=O)(=O)c2ccc(F)cc2)cc1. The second-order valence-electron chi connectivity index (χ2n) is 4.56. The van der Waals surface area contributed by atoms with Gasteiger partial charge in [0.1, 0.15) is 5.82 Å². The molecule has 0 aliphatic rings. The molecule has 118 valence electrons. The van der Waals surface area contributed by atoms with Crippen LogP contribution in [0, 0.1) is 5.82 Å². The number of halogens is 1. The normalized spacial score (nSPS) is 11.2. The average Bonchev–Trinajstić information content (AvgIpc) is 2.49. The summed E-state index contributed by atoms with van der Waals surface area (Å²) in [5.41, 5.74) is 1.29. The van der Waals surface area contributed by atoms with Crippen molar-refractivity contribution in [3.8, 4) is 0 Å². The van der Waals surface area contributed by atoms with E-state index in [0.29, 0.717) is 18.8 Å². The molecule has 0 bridgehead atoms. The number of rotatable bonds is 7. The van der Waals surface area contributed by atoms with Crippen molar-refractivity contribution < 1.29 is 17.5 Å². The summed E-state index contributed by atoms with van der Waals surface area (Å²) in [6.07, 6.45) is 0. The lowest BCUT2D eigenvalue weighted by molar-refractivity contribution is 0.211. The second-order valence-corrected chi connectivity index (χ2v) is 6.24. The first-order valence-corrected chi connectivity index (χ1v) is 8.11. The monoisotopic (exact) mass is 324 g/mol. The summed E-state index contributed by atoms with van der Waals surface area (Å²) in [6, 6.07) is 11.5. The highest BCUT2D eigenvalue weighted by atomic mass is 32.2. The Hall–Kier alpha value is -2.12. The van der Waals surface area contributed by atoms with Crippen LogP contribution in [0.4, 0.5) is 15.8 Å². The molecule has 0 aliphatic heterocycles. The zero-order valence-corrected chi connectivity index (χ0v) is 12.9. The average molecular weight is 324 g/mol. The van der Waals surface area contributed by atoms with Gasteiger partial charge in [-0.1, -0.05) is 0 Å². The van der Waals surface area contributed by atoms with Crippen molar-refractivity contribution in [1.29, 1.82) is 0 Å². The molecule has 0 atom stereocenters.